The second kappa shape index (κ2) is 4.97. The second-order valence-electron chi connectivity index (χ2n) is 4.65. The van der Waals surface area contributed by atoms with Gasteiger partial charge in [0.05, 0.1) is 23.8 Å². The number of fused-ring (bicyclic) bond motifs is 1. The van der Waals surface area contributed by atoms with Gasteiger partial charge in [-0.1, -0.05) is 6.07 Å². The molecular formula is C15H11F2N3O. The maximum absolute atomic E-state index is 13.7. The molecule has 0 spiro atoms. The Bertz CT molecular complexity index is 869. The van der Waals surface area contributed by atoms with Crippen molar-refractivity contribution in [2.45, 2.75) is 6.54 Å². The molecule has 0 saturated heterocycles. The molecule has 3 rings (SSSR count). The smallest absolute Gasteiger partial charge is 0.261 e. The molecule has 0 bridgehead atoms. The van der Waals surface area contributed by atoms with Crippen LogP contribution in [0, 0.1) is 11.6 Å². The van der Waals surface area contributed by atoms with Gasteiger partial charge in [0, 0.05) is 11.3 Å². The number of nitrogen functional groups attached to an aromatic ring is 1. The monoisotopic (exact) mass is 287 g/mol. The first-order valence-corrected chi connectivity index (χ1v) is 6.24. The minimum atomic E-state index is -0.699. The standard InChI is InChI=1S/C15H11F2N3O/c16-12-2-1-3-13(17)11(12)7-20-8-19-14-5-4-9(18)6-10(14)15(20)21/h1-6,8H,7,18H2. The topological polar surface area (TPSA) is 60.9 Å². The number of halogens is 2. The van der Waals surface area contributed by atoms with E-state index in [1.807, 2.05) is 0 Å². The van der Waals surface area contributed by atoms with E-state index >= 15 is 0 Å². The number of hydrogen-bond acceptors (Lipinski definition) is 3. The van der Waals surface area contributed by atoms with Crippen molar-refractivity contribution in [3.63, 3.8) is 0 Å². The summed E-state index contributed by atoms with van der Waals surface area (Å²) < 4.78 is 28.5. The Hall–Kier alpha value is -2.76. The van der Waals surface area contributed by atoms with Crippen LogP contribution in [0.4, 0.5) is 14.5 Å². The fourth-order valence-corrected chi connectivity index (χ4v) is 2.14. The molecule has 0 amide bonds. The third-order valence-corrected chi connectivity index (χ3v) is 3.24. The van der Waals surface area contributed by atoms with Crippen LogP contribution in [0.3, 0.4) is 0 Å². The molecule has 106 valence electrons. The molecule has 0 aliphatic rings. The van der Waals surface area contributed by atoms with Gasteiger partial charge in [0.1, 0.15) is 11.6 Å². The van der Waals surface area contributed by atoms with Crippen LogP contribution in [-0.2, 0) is 6.54 Å². The Labute approximate surface area is 118 Å². The molecule has 6 heteroatoms. The molecule has 2 aromatic carbocycles. The molecule has 1 heterocycles. The van der Waals surface area contributed by atoms with Gasteiger partial charge in [-0.2, -0.15) is 0 Å². The third-order valence-electron chi connectivity index (χ3n) is 3.24. The first-order valence-electron chi connectivity index (χ1n) is 6.24. The Kier molecular flexibility index (Phi) is 3.13. The lowest BCUT2D eigenvalue weighted by molar-refractivity contribution is 0.541. The van der Waals surface area contributed by atoms with Crippen LogP contribution in [0.5, 0.6) is 0 Å². The van der Waals surface area contributed by atoms with E-state index < -0.39 is 17.2 Å². The van der Waals surface area contributed by atoms with Gasteiger partial charge in [-0.05, 0) is 30.3 Å². The third kappa shape index (κ3) is 2.35. The summed E-state index contributed by atoms with van der Waals surface area (Å²) in [6.45, 7) is -0.227. The number of aromatic nitrogens is 2. The quantitative estimate of drug-likeness (QED) is 0.736. The summed E-state index contributed by atoms with van der Waals surface area (Å²) in [6, 6.07) is 8.33. The van der Waals surface area contributed by atoms with Crippen LogP contribution in [0.15, 0.2) is 47.5 Å². The molecule has 3 aromatic rings. The molecule has 0 atom stereocenters. The van der Waals surface area contributed by atoms with E-state index in [1.54, 1.807) is 12.1 Å². The van der Waals surface area contributed by atoms with E-state index in [0.717, 1.165) is 16.7 Å². The summed E-state index contributed by atoms with van der Waals surface area (Å²) in [5.74, 6) is -1.40. The van der Waals surface area contributed by atoms with Crippen LogP contribution in [-0.4, -0.2) is 9.55 Å². The molecular weight excluding hydrogens is 276 g/mol. The molecule has 0 aliphatic carbocycles. The maximum atomic E-state index is 13.7. The highest BCUT2D eigenvalue weighted by atomic mass is 19.1. The van der Waals surface area contributed by atoms with E-state index in [-0.39, 0.29) is 12.1 Å². The van der Waals surface area contributed by atoms with Crippen molar-refractivity contribution < 1.29 is 8.78 Å². The minimum absolute atomic E-state index is 0.176. The lowest BCUT2D eigenvalue weighted by Crippen LogP contribution is -2.22. The maximum Gasteiger partial charge on any atom is 0.261 e. The first kappa shape index (κ1) is 13.2. The Morgan fingerprint density at radius 3 is 2.57 bits per heavy atom. The zero-order chi connectivity index (χ0) is 15.0. The molecule has 1 aromatic heterocycles. The van der Waals surface area contributed by atoms with Crippen molar-refractivity contribution in [2.75, 3.05) is 5.73 Å². The van der Waals surface area contributed by atoms with Crippen LogP contribution in [0.2, 0.25) is 0 Å². The second-order valence-corrected chi connectivity index (χ2v) is 4.65. The van der Waals surface area contributed by atoms with Gasteiger partial charge in [-0.25, -0.2) is 13.8 Å². The van der Waals surface area contributed by atoms with Gasteiger partial charge in [-0.15, -0.1) is 0 Å². The van der Waals surface area contributed by atoms with E-state index in [2.05, 4.69) is 4.98 Å². The van der Waals surface area contributed by atoms with Gasteiger partial charge in [0.15, 0.2) is 0 Å². The summed E-state index contributed by atoms with van der Waals surface area (Å²) in [5.41, 5.74) is 5.99. The first-order chi connectivity index (χ1) is 10.1. The summed E-state index contributed by atoms with van der Waals surface area (Å²) in [5, 5.41) is 0.314. The summed E-state index contributed by atoms with van der Waals surface area (Å²) in [4.78, 5) is 16.4. The molecule has 0 saturated carbocycles. The Morgan fingerprint density at radius 2 is 1.86 bits per heavy atom. The molecule has 0 radical (unpaired) electrons. The highest BCUT2D eigenvalue weighted by molar-refractivity contribution is 5.80. The van der Waals surface area contributed by atoms with Crippen molar-refractivity contribution >= 4 is 16.6 Å². The van der Waals surface area contributed by atoms with Crippen molar-refractivity contribution in [3.05, 3.63) is 70.3 Å². The van der Waals surface area contributed by atoms with Crippen molar-refractivity contribution in [2.24, 2.45) is 0 Å². The zero-order valence-electron chi connectivity index (χ0n) is 10.9. The van der Waals surface area contributed by atoms with Gasteiger partial charge in [0.25, 0.3) is 5.56 Å². The molecule has 21 heavy (non-hydrogen) atoms. The van der Waals surface area contributed by atoms with Crippen molar-refractivity contribution in [1.29, 1.82) is 0 Å². The number of nitrogens with zero attached hydrogens (tertiary/aromatic N) is 2. The molecule has 0 aliphatic heterocycles. The fraction of sp³-hybridized carbons (Fsp3) is 0.0667. The van der Waals surface area contributed by atoms with Gasteiger partial charge < -0.3 is 5.73 Å². The van der Waals surface area contributed by atoms with Crippen LogP contribution in [0.25, 0.3) is 10.9 Å². The number of anilines is 1. The fourth-order valence-electron chi connectivity index (χ4n) is 2.14. The van der Waals surface area contributed by atoms with Gasteiger partial charge in [0.2, 0.25) is 0 Å². The van der Waals surface area contributed by atoms with Crippen molar-refractivity contribution in [1.82, 2.24) is 9.55 Å². The van der Waals surface area contributed by atoms with Gasteiger partial charge in [-0.3, -0.25) is 9.36 Å². The zero-order valence-corrected chi connectivity index (χ0v) is 10.9. The normalized spacial score (nSPS) is 11.0. The van der Waals surface area contributed by atoms with E-state index in [0.29, 0.717) is 16.6 Å². The average Bonchev–Trinajstić information content (AvgIpc) is 2.46. The molecule has 0 unspecified atom stereocenters. The number of rotatable bonds is 2. The largest absolute Gasteiger partial charge is 0.399 e. The summed E-state index contributed by atoms with van der Waals surface area (Å²) in [6.07, 6.45) is 1.27. The highest BCUT2D eigenvalue weighted by Gasteiger charge is 2.11. The molecule has 4 nitrogen and oxygen atoms in total. The lowest BCUT2D eigenvalue weighted by atomic mass is 10.2. The molecule has 2 N–H and O–H groups in total. The number of hydrogen-bond donors (Lipinski definition) is 1. The Balaban J connectivity index is 2.14. The van der Waals surface area contributed by atoms with Gasteiger partial charge >= 0.3 is 0 Å². The van der Waals surface area contributed by atoms with Crippen LogP contribution in [0.1, 0.15) is 5.56 Å². The SMILES string of the molecule is Nc1ccc2ncn(Cc3c(F)cccc3F)c(=O)c2c1. The Morgan fingerprint density at radius 1 is 1.14 bits per heavy atom. The van der Waals surface area contributed by atoms with Crippen molar-refractivity contribution in [3.8, 4) is 0 Å². The predicted octanol–water partition coefficient (Wildman–Crippen LogP) is 2.31. The number of nitrogens with two attached hydrogens (primary N) is 1. The number of benzene rings is 2. The van der Waals surface area contributed by atoms with E-state index in [4.69, 9.17) is 5.73 Å². The van der Waals surface area contributed by atoms with E-state index in [1.165, 1.54) is 18.5 Å². The highest BCUT2D eigenvalue weighted by Crippen LogP contribution is 2.14. The lowest BCUT2D eigenvalue weighted by Gasteiger charge is -2.08. The summed E-state index contributed by atoms with van der Waals surface area (Å²) >= 11 is 0. The predicted molar refractivity (Wildman–Crippen MR) is 75.9 cm³/mol. The van der Waals surface area contributed by atoms with Crippen LogP contribution < -0.4 is 11.3 Å². The minimum Gasteiger partial charge on any atom is -0.399 e. The van der Waals surface area contributed by atoms with E-state index in [9.17, 15) is 13.6 Å². The summed E-state index contributed by atoms with van der Waals surface area (Å²) in [7, 11) is 0. The van der Waals surface area contributed by atoms with Crippen LogP contribution >= 0.6 is 0 Å². The average molecular weight is 287 g/mol. The molecule has 0 fully saturated rings.